The fourth-order valence-corrected chi connectivity index (χ4v) is 2.75. The zero-order valence-electron chi connectivity index (χ0n) is 11.8. The molecule has 1 heterocycles. The van der Waals surface area contributed by atoms with E-state index in [0.29, 0.717) is 15.7 Å². The summed E-state index contributed by atoms with van der Waals surface area (Å²) in [6.45, 7) is 6.13. The van der Waals surface area contributed by atoms with Crippen molar-refractivity contribution in [3.8, 4) is 0 Å². The average molecular weight is 315 g/mol. The first-order valence-electron chi connectivity index (χ1n) is 6.97. The molecule has 1 atom stereocenters. The molecule has 1 aromatic rings. The van der Waals surface area contributed by atoms with E-state index in [-0.39, 0.29) is 11.9 Å². The van der Waals surface area contributed by atoms with Crippen LogP contribution in [-0.2, 0) is 4.79 Å². The minimum absolute atomic E-state index is 0.0382. The molecule has 2 rings (SSSR count). The van der Waals surface area contributed by atoms with E-state index in [1.54, 1.807) is 18.2 Å². The number of hydrogen-bond donors (Lipinski definition) is 1. The van der Waals surface area contributed by atoms with Gasteiger partial charge >= 0.3 is 0 Å². The Morgan fingerprint density at radius 1 is 1.35 bits per heavy atom. The van der Waals surface area contributed by atoms with Crippen molar-refractivity contribution >= 4 is 34.8 Å². The number of piperidine rings is 1. The molecule has 0 aromatic heterocycles. The predicted octanol–water partition coefficient (Wildman–Crippen LogP) is 4.05. The Kier molecular flexibility index (Phi) is 5.30. The molecule has 0 bridgehead atoms. The van der Waals surface area contributed by atoms with E-state index in [9.17, 15) is 4.79 Å². The predicted molar refractivity (Wildman–Crippen MR) is 84.5 cm³/mol. The summed E-state index contributed by atoms with van der Waals surface area (Å²) in [4.78, 5) is 14.5. The van der Waals surface area contributed by atoms with Gasteiger partial charge in [-0.3, -0.25) is 9.69 Å². The summed E-state index contributed by atoms with van der Waals surface area (Å²) in [7, 11) is 0. The topological polar surface area (TPSA) is 32.3 Å². The highest BCUT2D eigenvalue weighted by atomic mass is 35.5. The maximum absolute atomic E-state index is 12.3. The molecular weight excluding hydrogens is 295 g/mol. The van der Waals surface area contributed by atoms with Gasteiger partial charge in [0.1, 0.15) is 0 Å². The summed E-state index contributed by atoms with van der Waals surface area (Å²) in [5, 5.41) is 3.92. The van der Waals surface area contributed by atoms with Gasteiger partial charge in [0.2, 0.25) is 5.91 Å². The SMILES string of the molecule is CC1CCN([C@@H](C)C(=O)Nc2cc(Cl)ccc2Cl)CC1. The molecule has 1 saturated heterocycles. The van der Waals surface area contributed by atoms with Crippen LogP contribution in [0.4, 0.5) is 5.69 Å². The lowest BCUT2D eigenvalue weighted by atomic mass is 9.98. The second kappa shape index (κ2) is 6.79. The maximum atomic E-state index is 12.3. The molecule has 20 heavy (non-hydrogen) atoms. The minimum Gasteiger partial charge on any atom is -0.323 e. The monoisotopic (exact) mass is 314 g/mol. The molecule has 0 unspecified atom stereocenters. The van der Waals surface area contributed by atoms with Crippen LogP contribution in [0.5, 0.6) is 0 Å². The van der Waals surface area contributed by atoms with Gasteiger partial charge in [0.25, 0.3) is 0 Å². The molecule has 1 fully saturated rings. The lowest BCUT2D eigenvalue weighted by Crippen LogP contribution is -2.45. The number of nitrogens with zero attached hydrogens (tertiary/aromatic N) is 1. The zero-order valence-corrected chi connectivity index (χ0v) is 13.3. The standard InChI is InChI=1S/C15H20Cl2N2O/c1-10-5-7-19(8-6-10)11(2)15(20)18-14-9-12(16)3-4-13(14)17/h3-4,9-11H,5-8H2,1-2H3,(H,18,20)/t11-/m0/s1. The Hall–Kier alpha value is -0.770. The molecule has 1 aromatic carbocycles. The van der Waals surface area contributed by atoms with Crippen LogP contribution >= 0.6 is 23.2 Å². The third-order valence-corrected chi connectivity index (χ3v) is 4.50. The molecule has 1 aliphatic rings. The summed E-state index contributed by atoms with van der Waals surface area (Å²) in [5.41, 5.74) is 0.571. The maximum Gasteiger partial charge on any atom is 0.241 e. The smallest absolute Gasteiger partial charge is 0.241 e. The molecule has 3 nitrogen and oxygen atoms in total. The van der Waals surface area contributed by atoms with Crippen LogP contribution in [0.1, 0.15) is 26.7 Å². The first-order chi connectivity index (χ1) is 9.47. The average Bonchev–Trinajstić information content (AvgIpc) is 2.43. The van der Waals surface area contributed by atoms with Gasteiger partial charge < -0.3 is 5.32 Å². The summed E-state index contributed by atoms with van der Waals surface area (Å²) in [5.74, 6) is 0.715. The van der Waals surface area contributed by atoms with Gasteiger partial charge in [0.15, 0.2) is 0 Å². The first kappa shape index (κ1) is 15.6. The first-order valence-corrected chi connectivity index (χ1v) is 7.73. The van der Waals surface area contributed by atoms with E-state index in [0.717, 1.165) is 31.8 Å². The van der Waals surface area contributed by atoms with E-state index in [1.165, 1.54) is 0 Å². The number of likely N-dealkylation sites (tertiary alicyclic amines) is 1. The number of amides is 1. The second-order valence-electron chi connectivity index (χ2n) is 5.51. The van der Waals surface area contributed by atoms with Crippen LogP contribution in [0.25, 0.3) is 0 Å². The van der Waals surface area contributed by atoms with E-state index in [2.05, 4.69) is 17.1 Å². The minimum atomic E-state index is -0.155. The van der Waals surface area contributed by atoms with Crippen LogP contribution in [0.2, 0.25) is 10.0 Å². The van der Waals surface area contributed by atoms with Crippen LogP contribution in [0.15, 0.2) is 18.2 Å². The largest absolute Gasteiger partial charge is 0.323 e. The van der Waals surface area contributed by atoms with E-state index in [4.69, 9.17) is 23.2 Å². The molecule has 5 heteroatoms. The molecule has 0 saturated carbocycles. The normalized spacial score (nSPS) is 18.8. The van der Waals surface area contributed by atoms with Crippen molar-refractivity contribution in [3.63, 3.8) is 0 Å². The number of rotatable bonds is 3. The van der Waals surface area contributed by atoms with Crippen molar-refractivity contribution in [2.45, 2.75) is 32.7 Å². The van der Waals surface area contributed by atoms with Crippen LogP contribution in [0.3, 0.4) is 0 Å². The highest BCUT2D eigenvalue weighted by molar-refractivity contribution is 6.35. The van der Waals surface area contributed by atoms with Crippen molar-refractivity contribution < 1.29 is 4.79 Å². The number of benzene rings is 1. The Bertz CT molecular complexity index is 485. The third-order valence-electron chi connectivity index (χ3n) is 3.93. The molecule has 110 valence electrons. The molecule has 1 N–H and O–H groups in total. The Morgan fingerprint density at radius 3 is 2.65 bits per heavy atom. The van der Waals surface area contributed by atoms with E-state index < -0.39 is 0 Å². The Morgan fingerprint density at radius 2 is 2.00 bits per heavy atom. The number of carbonyl (C=O) groups is 1. The van der Waals surface area contributed by atoms with Gasteiger partial charge in [-0.25, -0.2) is 0 Å². The number of nitrogens with one attached hydrogen (secondary N) is 1. The molecule has 0 radical (unpaired) electrons. The number of halogens is 2. The molecule has 1 aliphatic heterocycles. The summed E-state index contributed by atoms with van der Waals surface area (Å²) < 4.78 is 0. The highest BCUT2D eigenvalue weighted by Crippen LogP contribution is 2.26. The fourth-order valence-electron chi connectivity index (χ4n) is 2.41. The number of carbonyl (C=O) groups excluding carboxylic acids is 1. The Labute approximate surface area is 130 Å². The molecule has 0 spiro atoms. The highest BCUT2D eigenvalue weighted by Gasteiger charge is 2.25. The lowest BCUT2D eigenvalue weighted by Gasteiger charge is -2.34. The van der Waals surface area contributed by atoms with Crippen molar-refractivity contribution in [3.05, 3.63) is 28.2 Å². The van der Waals surface area contributed by atoms with Gasteiger partial charge in [0, 0.05) is 5.02 Å². The van der Waals surface area contributed by atoms with E-state index >= 15 is 0 Å². The van der Waals surface area contributed by atoms with Crippen molar-refractivity contribution in [2.75, 3.05) is 18.4 Å². The van der Waals surface area contributed by atoms with Gasteiger partial charge in [-0.15, -0.1) is 0 Å². The van der Waals surface area contributed by atoms with Crippen molar-refractivity contribution in [2.24, 2.45) is 5.92 Å². The van der Waals surface area contributed by atoms with Gasteiger partial charge in [-0.1, -0.05) is 30.1 Å². The van der Waals surface area contributed by atoms with Crippen molar-refractivity contribution in [1.82, 2.24) is 4.90 Å². The van der Waals surface area contributed by atoms with Gasteiger partial charge in [0.05, 0.1) is 16.8 Å². The van der Waals surface area contributed by atoms with Crippen LogP contribution in [0, 0.1) is 5.92 Å². The summed E-state index contributed by atoms with van der Waals surface area (Å²) in [6.07, 6.45) is 2.30. The van der Waals surface area contributed by atoms with Gasteiger partial charge in [-0.2, -0.15) is 0 Å². The summed E-state index contributed by atoms with van der Waals surface area (Å²) >= 11 is 12.0. The number of hydrogen-bond acceptors (Lipinski definition) is 2. The molecule has 0 aliphatic carbocycles. The van der Waals surface area contributed by atoms with Gasteiger partial charge in [-0.05, 0) is 57.0 Å². The molecule has 1 amide bonds. The van der Waals surface area contributed by atoms with Crippen LogP contribution in [-0.4, -0.2) is 29.9 Å². The lowest BCUT2D eigenvalue weighted by molar-refractivity contribution is -0.121. The summed E-state index contributed by atoms with van der Waals surface area (Å²) in [6, 6.07) is 4.91. The fraction of sp³-hybridized carbons (Fsp3) is 0.533. The third kappa shape index (κ3) is 3.87. The van der Waals surface area contributed by atoms with Crippen LogP contribution < -0.4 is 5.32 Å². The number of anilines is 1. The second-order valence-corrected chi connectivity index (χ2v) is 6.35. The quantitative estimate of drug-likeness (QED) is 0.912. The zero-order chi connectivity index (χ0) is 14.7. The van der Waals surface area contributed by atoms with E-state index in [1.807, 2.05) is 6.92 Å². The van der Waals surface area contributed by atoms with Crippen molar-refractivity contribution in [1.29, 1.82) is 0 Å². The Balaban J connectivity index is 1.99. The molecular formula is C15H20Cl2N2O.